The van der Waals surface area contributed by atoms with Crippen LogP contribution in [0, 0.1) is 36.5 Å². The van der Waals surface area contributed by atoms with Gasteiger partial charge in [-0.05, 0) is 38.5 Å². The molecule has 3 aromatic rings. The molecule has 10 heteroatoms. The summed E-state index contributed by atoms with van der Waals surface area (Å²) in [5, 5.41) is 21.4. The molecule has 0 saturated carbocycles. The van der Waals surface area contributed by atoms with Crippen LogP contribution in [0.2, 0.25) is 0 Å². The molecular weight excluding hydrogens is 400 g/mol. The summed E-state index contributed by atoms with van der Waals surface area (Å²) in [5.74, 6) is 0.202. The van der Waals surface area contributed by atoms with Gasteiger partial charge >= 0.3 is 5.69 Å². The zero-order valence-electron chi connectivity index (χ0n) is 17.3. The van der Waals surface area contributed by atoms with Crippen molar-refractivity contribution in [3.8, 4) is 12.1 Å². The lowest BCUT2D eigenvalue weighted by molar-refractivity contribution is -0.116. The average Bonchev–Trinajstić information content (AvgIpc) is 3.34. The highest BCUT2D eigenvalue weighted by Gasteiger charge is 2.21. The summed E-state index contributed by atoms with van der Waals surface area (Å²) in [6.45, 7) is 5.19. The topological polar surface area (TPSA) is 139 Å². The Morgan fingerprint density at radius 1 is 1.19 bits per heavy atom. The lowest BCUT2D eigenvalue weighted by atomic mass is 10.2. The Labute approximate surface area is 177 Å². The van der Waals surface area contributed by atoms with Gasteiger partial charge in [-0.25, -0.2) is 9.36 Å². The second-order valence-corrected chi connectivity index (χ2v) is 6.87. The van der Waals surface area contributed by atoms with Crippen LogP contribution in [0.15, 0.2) is 38.6 Å². The number of amides is 1. The van der Waals surface area contributed by atoms with Crippen LogP contribution in [0.1, 0.15) is 35.1 Å². The zero-order chi connectivity index (χ0) is 22.7. The van der Waals surface area contributed by atoms with Crippen molar-refractivity contribution in [2.75, 3.05) is 5.32 Å². The molecule has 0 fully saturated rings. The first-order valence-corrected chi connectivity index (χ1v) is 9.48. The number of furan rings is 1. The quantitative estimate of drug-likeness (QED) is 0.641. The van der Waals surface area contributed by atoms with Crippen molar-refractivity contribution in [1.82, 2.24) is 13.7 Å². The second-order valence-electron chi connectivity index (χ2n) is 6.87. The minimum atomic E-state index is -0.841. The average molecular weight is 420 g/mol. The van der Waals surface area contributed by atoms with Gasteiger partial charge in [-0.2, -0.15) is 10.5 Å². The number of carbonyl (C=O) groups excluding carboxylic acids is 1. The molecule has 0 spiro atoms. The SMILES string of the molecule is CCn1cc(C#N)c(=O)n(CC(=O)Nc2c(C#N)c(C)c(C)n2Cc2ccco2)c1=O. The molecule has 0 aliphatic rings. The van der Waals surface area contributed by atoms with E-state index in [0.29, 0.717) is 15.9 Å². The van der Waals surface area contributed by atoms with E-state index < -0.39 is 23.7 Å². The molecule has 0 radical (unpaired) electrons. The summed E-state index contributed by atoms with van der Waals surface area (Å²) in [6, 6.07) is 7.34. The second kappa shape index (κ2) is 8.59. The maximum atomic E-state index is 12.8. The van der Waals surface area contributed by atoms with E-state index in [-0.39, 0.29) is 30.0 Å². The third kappa shape index (κ3) is 3.91. The lowest BCUT2D eigenvalue weighted by Crippen LogP contribution is -2.43. The summed E-state index contributed by atoms with van der Waals surface area (Å²) in [7, 11) is 0. The Balaban J connectivity index is 2.00. The summed E-state index contributed by atoms with van der Waals surface area (Å²) in [5.41, 5.74) is -0.0328. The molecular formula is C21H20N6O4. The van der Waals surface area contributed by atoms with Crippen LogP contribution >= 0.6 is 0 Å². The van der Waals surface area contributed by atoms with Gasteiger partial charge in [0.15, 0.2) is 0 Å². The van der Waals surface area contributed by atoms with Crippen molar-refractivity contribution < 1.29 is 9.21 Å². The number of nitrogens with one attached hydrogen (secondary N) is 1. The van der Waals surface area contributed by atoms with Gasteiger partial charge in [0, 0.05) is 18.4 Å². The van der Waals surface area contributed by atoms with Crippen LogP contribution < -0.4 is 16.6 Å². The molecule has 0 atom stereocenters. The first kappa shape index (κ1) is 21.4. The molecule has 3 heterocycles. The minimum absolute atomic E-state index is 0.235. The number of aromatic nitrogens is 3. The summed E-state index contributed by atoms with van der Waals surface area (Å²) >= 11 is 0. The molecule has 158 valence electrons. The van der Waals surface area contributed by atoms with Gasteiger partial charge in [-0.3, -0.25) is 14.2 Å². The number of rotatable bonds is 6. The monoisotopic (exact) mass is 420 g/mol. The van der Waals surface area contributed by atoms with Crippen LogP contribution in [0.4, 0.5) is 5.82 Å². The molecule has 0 unspecified atom stereocenters. The van der Waals surface area contributed by atoms with E-state index in [1.54, 1.807) is 36.6 Å². The van der Waals surface area contributed by atoms with Crippen molar-refractivity contribution in [2.45, 2.75) is 40.4 Å². The summed E-state index contributed by atoms with van der Waals surface area (Å²) in [6.07, 6.45) is 2.70. The van der Waals surface area contributed by atoms with E-state index in [0.717, 1.165) is 5.69 Å². The highest BCUT2D eigenvalue weighted by molar-refractivity contribution is 5.91. The molecule has 0 aliphatic carbocycles. The summed E-state index contributed by atoms with van der Waals surface area (Å²) in [4.78, 5) is 37.7. The summed E-state index contributed by atoms with van der Waals surface area (Å²) < 4.78 is 9.00. The van der Waals surface area contributed by atoms with Crippen molar-refractivity contribution in [3.05, 3.63) is 73.6 Å². The maximum Gasteiger partial charge on any atom is 0.331 e. The first-order chi connectivity index (χ1) is 14.8. The molecule has 3 aromatic heterocycles. The highest BCUT2D eigenvalue weighted by atomic mass is 16.3. The van der Waals surface area contributed by atoms with Gasteiger partial charge in [0.05, 0.1) is 18.4 Å². The predicted molar refractivity (Wildman–Crippen MR) is 110 cm³/mol. The number of nitriles is 2. The fourth-order valence-corrected chi connectivity index (χ4v) is 3.30. The molecule has 3 rings (SSSR count). The molecule has 10 nitrogen and oxygen atoms in total. The Morgan fingerprint density at radius 3 is 2.52 bits per heavy atom. The Morgan fingerprint density at radius 2 is 1.94 bits per heavy atom. The van der Waals surface area contributed by atoms with Crippen LogP contribution in [0.25, 0.3) is 0 Å². The smallest absolute Gasteiger partial charge is 0.331 e. The van der Waals surface area contributed by atoms with Crippen LogP contribution in [-0.4, -0.2) is 19.6 Å². The third-order valence-corrected chi connectivity index (χ3v) is 5.09. The normalized spacial score (nSPS) is 10.5. The van der Waals surface area contributed by atoms with Gasteiger partial charge in [0.25, 0.3) is 5.56 Å². The van der Waals surface area contributed by atoms with Crippen molar-refractivity contribution >= 4 is 11.7 Å². The molecule has 0 saturated heterocycles. The van der Waals surface area contributed by atoms with E-state index in [1.807, 2.05) is 6.92 Å². The van der Waals surface area contributed by atoms with Crippen molar-refractivity contribution in [1.29, 1.82) is 10.5 Å². The lowest BCUT2D eigenvalue weighted by Gasteiger charge is -2.13. The Hall–Kier alpha value is -4.31. The largest absolute Gasteiger partial charge is 0.467 e. The number of carbonyl (C=O) groups is 1. The highest BCUT2D eigenvalue weighted by Crippen LogP contribution is 2.27. The number of hydrogen-bond acceptors (Lipinski definition) is 6. The van der Waals surface area contributed by atoms with Crippen LogP contribution in [0.5, 0.6) is 0 Å². The van der Waals surface area contributed by atoms with E-state index in [4.69, 9.17) is 9.68 Å². The van der Waals surface area contributed by atoms with Crippen molar-refractivity contribution in [3.63, 3.8) is 0 Å². The minimum Gasteiger partial charge on any atom is -0.467 e. The van der Waals surface area contributed by atoms with E-state index in [1.165, 1.54) is 17.0 Å². The third-order valence-electron chi connectivity index (χ3n) is 5.09. The van der Waals surface area contributed by atoms with E-state index in [9.17, 15) is 19.6 Å². The number of hydrogen-bond donors (Lipinski definition) is 1. The first-order valence-electron chi connectivity index (χ1n) is 9.48. The number of aryl methyl sites for hydroxylation is 1. The Bertz CT molecular complexity index is 1340. The van der Waals surface area contributed by atoms with E-state index in [2.05, 4.69) is 11.4 Å². The van der Waals surface area contributed by atoms with Gasteiger partial charge < -0.3 is 14.3 Å². The number of anilines is 1. The van der Waals surface area contributed by atoms with Gasteiger partial charge in [-0.1, -0.05) is 0 Å². The van der Waals surface area contributed by atoms with Crippen LogP contribution in [-0.2, 0) is 24.4 Å². The zero-order valence-corrected chi connectivity index (χ0v) is 17.3. The standard InChI is InChI=1S/C21H20N6O4/c1-4-25-10-15(8-22)20(29)27(21(25)30)12-18(28)24-19-17(9-23)13(2)14(3)26(19)11-16-6-5-7-31-16/h5-7,10H,4,11-12H2,1-3H3,(H,24,28). The van der Waals surface area contributed by atoms with E-state index >= 15 is 0 Å². The molecule has 0 bridgehead atoms. The molecule has 1 amide bonds. The van der Waals surface area contributed by atoms with Crippen LogP contribution in [0.3, 0.4) is 0 Å². The Kier molecular flexibility index (Phi) is 5.93. The predicted octanol–water partition coefficient (Wildman–Crippen LogP) is 1.47. The molecule has 1 N–H and O–H groups in total. The molecule has 31 heavy (non-hydrogen) atoms. The fourth-order valence-electron chi connectivity index (χ4n) is 3.30. The van der Waals surface area contributed by atoms with Crippen molar-refractivity contribution in [2.24, 2.45) is 0 Å². The van der Waals surface area contributed by atoms with Gasteiger partial charge in [0.1, 0.15) is 35.8 Å². The van der Waals surface area contributed by atoms with Gasteiger partial charge in [-0.15, -0.1) is 0 Å². The maximum absolute atomic E-state index is 12.8. The molecule has 0 aromatic carbocycles. The number of nitrogens with zero attached hydrogens (tertiary/aromatic N) is 5. The van der Waals surface area contributed by atoms with Gasteiger partial charge in [0.2, 0.25) is 5.91 Å². The fraction of sp³-hybridized carbons (Fsp3) is 0.286. The molecule has 0 aliphatic heterocycles.